The number of anilines is 3. The zero-order valence-electron chi connectivity index (χ0n) is 11.8. The van der Waals surface area contributed by atoms with Crippen molar-refractivity contribution in [1.29, 1.82) is 0 Å². The lowest BCUT2D eigenvalue weighted by molar-refractivity contribution is 0.629. The lowest BCUT2D eigenvalue weighted by atomic mass is 10.1. The summed E-state index contributed by atoms with van der Waals surface area (Å²) in [5.41, 5.74) is 11.5. The number of hydrogen-bond donors (Lipinski definition) is 3. The summed E-state index contributed by atoms with van der Waals surface area (Å²) in [4.78, 5) is 8.69. The van der Waals surface area contributed by atoms with E-state index in [4.69, 9.17) is 5.73 Å². The van der Waals surface area contributed by atoms with Crippen LogP contribution in [0.2, 0.25) is 0 Å². The fourth-order valence-electron chi connectivity index (χ4n) is 2.65. The predicted molar refractivity (Wildman–Crippen MR) is 81.1 cm³/mol. The van der Waals surface area contributed by atoms with E-state index in [1.54, 1.807) is 0 Å². The molecule has 5 nitrogen and oxygen atoms in total. The summed E-state index contributed by atoms with van der Waals surface area (Å²) in [7, 11) is 0. The molecule has 5 heteroatoms. The molecule has 0 amide bonds. The minimum absolute atomic E-state index is 0.331. The largest absolute Gasteiger partial charge is 0.368 e. The van der Waals surface area contributed by atoms with E-state index >= 15 is 0 Å². The molecule has 3 rings (SSSR count). The Bertz CT molecular complexity index is 631. The molecule has 0 radical (unpaired) electrons. The van der Waals surface area contributed by atoms with Crippen molar-refractivity contribution in [2.45, 2.75) is 26.8 Å². The topological polar surface area (TPSA) is 75.9 Å². The van der Waals surface area contributed by atoms with Gasteiger partial charge in [-0.2, -0.15) is 4.98 Å². The number of hydrogen-bond acceptors (Lipinski definition) is 5. The van der Waals surface area contributed by atoms with Gasteiger partial charge in [0.25, 0.3) is 0 Å². The highest BCUT2D eigenvalue weighted by atomic mass is 15.1. The zero-order valence-corrected chi connectivity index (χ0v) is 11.8. The first-order valence-corrected chi connectivity index (χ1v) is 6.83. The predicted octanol–water partition coefficient (Wildman–Crippen LogP) is 2.06. The molecule has 20 heavy (non-hydrogen) atoms. The molecule has 1 aromatic carbocycles. The van der Waals surface area contributed by atoms with Gasteiger partial charge in [0, 0.05) is 30.8 Å². The molecule has 0 unspecified atom stereocenters. The second-order valence-electron chi connectivity index (χ2n) is 5.28. The van der Waals surface area contributed by atoms with E-state index < -0.39 is 0 Å². The van der Waals surface area contributed by atoms with E-state index in [-0.39, 0.29) is 0 Å². The van der Waals surface area contributed by atoms with Gasteiger partial charge in [0.2, 0.25) is 5.95 Å². The molecule has 0 fully saturated rings. The van der Waals surface area contributed by atoms with Gasteiger partial charge in [-0.05, 0) is 37.1 Å². The molecule has 2 aromatic rings. The van der Waals surface area contributed by atoms with Crippen LogP contribution in [0.4, 0.5) is 17.5 Å². The fraction of sp³-hybridized carbons (Fsp3) is 0.333. The fourth-order valence-corrected chi connectivity index (χ4v) is 2.65. The van der Waals surface area contributed by atoms with Crippen molar-refractivity contribution in [3.63, 3.8) is 0 Å². The lowest BCUT2D eigenvalue weighted by Crippen LogP contribution is -2.26. The molecule has 0 spiro atoms. The summed E-state index contributed by atoms with van der Waals surface area (Å²) in [5, 5.41) is 6.73. The second-order valence-corrected chi connectivity index (χ2v) is 5.28. The summed E-state index contributed by atoms with van der Waals surface area (Å²) in [6.45, 7) is 5.89. The minimum Gasteiger partial charge on any atom is -0.368 e. The summed E-state index contributed by atoms with van der Waals surface area (Å²) in [6, 6.07) is 6.36. The van der Waals surface area contributed by atoms with Gasteiger partial charge in [0.05, 0.1) is 5.69 Å². The number of nitrogens with one attached hydrogen (secondary N) is 2. The van der Waals surface area contributed by atoms with Crippen LogP contribution in [0.3, 0.4) is 0 Å². The van der Waals surface area contributed by atoms with Crippen molar-refractivity contribution in [2.24, 2.45) is 0 Å². The second kappa shape index (κ2) is 5.09. The Morgan fingerprint density at radius 2 is 1.90 bits per heavy atom. The molecule has 0 aliphatic carbocycles. The summed E-state index contributed by atoms with van der Waals surface area (Å²) in [5.74, 6) is 1.14. The van der Waals surface area contributed by atoms with Crippen LogP contribution in [-0.4, -0.2) is 16.5 Å². The Labute approximate surface area is 118 Å². The molecule has 1 aromatic heterocycles. The minimum atomic E-state index is 0.331. The third-order valence-electron chi connectivity index (χ3n) is 3.43. The van der Waals surface area contributed by atoms with Crippen molar-refractivity contribution >= 4 is 17.5 Å². The maximum absolute atomic E-state index is 5.81. The number of aryl methyl sites for hydroxylation is 2. The molecule has 0 saturated heterocycles. The first-order valence-electron chi connectivity index (χ1n) is 6.83. The molecule has 0 atom stereocenters. The first kappa shape index (κ1) is 12.9. The van der Waals surface area contributed by atoms with Crippen LogP contribution in [-0.2, 0) is 13.0 Å². The molecule has 1 aliphatic rings. The van der Waals surface area contributed by atoms with Crippen LogP contribution in [0.15, 0.2) is 18.2 Å². The first-order chi connectivity index (χ1) is 9.61. The molecular weight excluding hydrogens is 250 g/mol. The Kier molecular flexibility index (Phi) is 3.28. The third kappa shape index (κ3) is 2.58. The van der Waals surface area contributed by atoms with Crippen LogP contribution < -0.4 is 16.4 Å². The van der Waals surface area contributed by atoms with Gasteiger partial charge in [-0.1, -0.05) is 6.07 Å². The highest BCUT2D eigenvalue weighted by molar-refractivity contribution is 5.63. The molecule has 1 aliphatic heterocycles. The van der Waals surface area contributed by atoms with Gasteiger partial charge in [0.15, 0.2) is 0 Å². The number of nitrogens with zero attached hydrogens (tertiary/aromatic N) is 2. The van der Waals surface area contributed by atoms with Crippen molar-refractivity contribution in [3.05, 3.63) is 40.6 Å². The Balaban J connectivity index is 1.99. The Hall–Kier alpha value is -2.14. The van der Waals surface area contributed by atoms with Crippen LogP contribution in [0.1, 0.15) is 22.4 Å². The average molecular weight is 269 g/mol. The molecule has 2 heterocycles. The van der Waals surface area contributed by atoms with Gasteiger partial charge in [-0.3, -0.25) is 0 Å². The number of rotatable bonds is 2. The molecule has 0 bridgehead atoms. The lowest BCUT2D eigenvalue weighted by Gasteiger charge is -2.20. The Morgan fingerprint density at radius 1 is 1.15 bits per heavy atom. The summed E-state index contributed by atoms with van der Waals surface area (Å²) >= 11 is 0. The number of nitrogens with two attached hydrogens (primary N) is 1. The third-order valence-corrected chi connectivity index (χ3v) is 3.43. The van der Waals surface area contributed by atoms with Crippen molar-refractivity contribution in [2.75, 3.05) is 17.6 Å². The molecule has 4 N–H and O–H groups in total. The SMILES string of the molecule is Cc1cc(C)cc(Nc2nc(N)nc3c2CNCC3)c1. The normalized spacial score (nSPS) is 13.9. The summed E-state index contributed by atoms with van der Waals surface area (Å²) in [6.07, 6.45) is 0.892. The quantitative estimate of drug-likeness (QED) is 0.778. The maximum Gasteiger partial charge on any atom is 0.222 e. The molecule has 104 valence electrons. The molecule has 0 saturated carbocycles. The van der Waals surface area contributed by atoms with Crippen LogP contribution >= 0.6 is 0 Å². The van der Waals surface area contributed by atoms with Crippen molar-refractivity contribution < 1.29 is 0 Å². The van der Waals surface area contributed by atoms with Crippen LogP contribution in [0.5, 0.6) is 0 Å². The van der Waals surface area contributed by atoms with Gasteiger partial charge in [-0.15, -0.1) is 0 Å². The highest BCUT2D eigenvalue weighted by Gasteiger charge is 2.16. The number of benzene rings is 1. The van der Waals surface area contributed by atoms with Crippen LogP contribution in [0.25, 0.3) is 0 Å². The number of aromatic nitrogens is 2. The standard InChI is InChI=1S/C15H19N5/c1-9-5-10(2)7-11(6-9)18-14-12-8-17-4-3-13(12)19-15(16)20-14/h5-7,17H,3-4,8H2,1-2H3,(H3,16,18,19,20). The van der Waals surface area contributed by atoms with Crippen molar-refractivity contribution in [3.8, 4) is 0 Å². The highest BCUT2D eigenvalue weighted by Crippen LogP contribution is 2.25. The Morgan fingerprint density at radius 3 is 2.65 bits per heavy atom. The monoisotopic (exact) mass is 269 g/mol. The van der Waals surface area contributed by atoms with Gasteiger partial charge >= 0.3 is 0 Å². The van der Waals surface area contributed by atoms with E-state index in [2.05, 4.69) is 52.6 Å². The average Bonchev–Trinajstić information content (AvgIpc) is 2.37. The van der Waals surface area contributed by atoms with Gasteiger partial charge < -0.3 is 16.4 Å². The van der Waals surface area contributed by atoms with E-state index in [1.165, 1.54) is 11.1 Å². The van der Waals surface area contributed by atoms with Gasteiger partial charge in [-0.25, -0.2) is 4.98 Å². The molecular formula is C15H19N5. The van der Waals surface area contributed by atoms with E-state index in [0.717, 1.165) is 42.3 Å². The van der Waals surface area contributed by atoms with Crippen molar-refractivity contribution in [1.82, 2.24) is 15.3 Å². The number of nitrogen functional groups attached to an aromatic ring is 1. The smallest absolute Gasteiger partial charge is 0.222 e. The van der Waals surface area contributed by atoms with E-state index in [9.17, 15) is 0 Å². The number of fused-ring (bicyclic) bond motifs is 1. The van der Waals surface area contributed by atoms with E-state index in [0.29, 0.717) is 5.95 Å². The van der Waals surface area contributed by atoms with Crippen LogP contribution in [0, 0.1) is 13.8 Å². The maximum atomic E-state index is 5.81. The summed E-state index contributed by atoms with van der Waals surface area (Å²) < 4.78 is 0. The van der Waals surface area contributed by atoms with Gasteiger partial charge in [0.1, 0.15) is 5.82 Å². The van der Waals surface area contributed by atoms with E-state index in [1.807, 2.05) is 0 Å². The zero-order chi connectivity index (χ0) is 14.1.